The summed E-state index contributed by atoms with van der Waals surface area (Å²) < 4.78 is 0. The molecule has 1 unspecified atom stereocenters. The van der Waals surface area contributed by atoms with Crippen molar-refractivity contribution in [2.45, 2.75) is 44.7 Å². The van der Waals surface area contributed by atoms with Gasteiger partial charge in [-0.05, 0) is 30.9 Å². The monoisotopic (exact) mass is 391 g/mol. The van der Waals surface area contributed by atoms with Crippen LogP contribution >= 0.6 is 0 Å². The number of carboxylic acids is 1. The summed E-state index contributed by atoms with van der Waals surface area (Å²) in [6, 6.07) is 3.12. The van der Waals surface area contributed by atoms with E-state index in [-0.39, 0.29) is 43.8 Å². The van der Waals surface area contributed by atoms with Crippen LogP contribution in [0.4, 0.5) is 5.69 Å². The Bertz CT molecular complexity index is 791. The zero-order valence-electron chi connectivity index (χ0n) is 15.1. The minimum Gasteiger partial charge on any atom is -0.508 e. The third-order valence-corrected chi connectivity index (χ3v) is 4.41. The van der Waals surface area contributed by atoms with Gasteiger partial charge in [0.2, 0.25) is 11.8 Å². The van der Waals surface area contributed by atoms with Crippen LogP contribution in [0.3, 0.4) is 0 Å². The van der Waals surface area contributed by atoms with E-state index < -0.39 is 23.8 Å². The van der Waals surface area contributed by atoms with Gasteiger partial charge in [0.05, 0.1) is 6.54 Å². The minimum absolute atomic E-state index is 0.0217. The molecule has 3 N–H and O–H groups in total. The Morgan fingerprint density at radius 3 is 2.54 bits per heavy atom. The molecule has 1 aromatic rings. The van der Waals surface area contributed by atoms with Crippen LogP contribution in [0.1, 0.15) is 37.7 Å². The highest BCUT2D eigenvalue weighted by atomic mass is 16.5. The standard InChI is InChI=1S/C17H21N5O6/c18-20-19-12-5-4-11(14(23)9-12)10-21(28)8-2-1-3-13(17(26)27)22-15(24)6-7-16(22)25/h4-5,9,13,23,28H,1-3,6-8,10H2,(H,26,27). The van der Waals surface area contributed by atoms with Gasteiger partial charge in [-0.1, -0.05) is 17.2 Å². The SMILES string of the molecule is [N-]=[N+]=Nc1ccc(CN(O)CCCCC(C(=O)O)N2C(=O)CCC2=O)c(O)c1. The number of aliphatic carboxylic acids is 1. The van der Waals surface area contributed by atoms with E-state index in [1.54, 1.807) is 0 Å². The Morgan fingerprint density at radius 2 is 1.96 bits per heavy atom. The fraction of sp³-hybridized carbons (Fsp3) is 0.471. The van der Waals surface area contributed by atoms with Crippen LogP contribution in [0.2, 0.25) is 0 Å². The van der Waals surface area contributed by atoms with Crippen LogP contribution in [0, 0.1) is 0 Å². The van der Waals surface area contributed by atoms with Crippen molar-refractivity contribution >= 4 is 23.5 Å². The van der Waals surface area contributed by atoms with Crippen LogP contribution in [-0.2, 0) is 20.9 Å². The summed E-state index contributed by atoms with van der Waals surface area (Å²) in [4.78, 5) is 38.3. The Kier molecular flexibility index (Phi) is 7.33. The van der Waals surface area contributed by atoms with E-state index in [1.807, 2.05) is 0 Å². The van der Waals surface area contributed by atoms with Crippen molar-refractivity contribution in [3.8, 4) is 5.75 Å². The lowest BCUT2D eigenvalue weighted by molar-refractivity contribution is -0.154. The summed E-state index contributed by atoms with van der Waals surface area (Å²) in [5.41, 5.74) is 9.04. The van der Waals surface area contributed by atoms with Crippen LogP contribution in [-0.4, -0.2) is 55.8 Å². The lowest BCUT2D eigenvalue weighted by Gasteiger charge is -2.22. The summed E-state index contributed by atoms with van der Waals surface area (Å²) in [7, 11) is 0. The molecule has 0 radical (unpaired) electrons. The molecule has 11 nitrogen and oxygen atoms in total. The fourth-order valence-electron chi connectivity index (χ4n) is 3.01. The van der Waals surface area contributed by atoms with E-state index in [4.69, 9.17) is 5.53 Å². The number of imide groups is 1. The third kappa shape index (κ3) is 5.43. The largest absolute Gasteiger partial charge is 0.508 e. The molecule has 1 heterocycles. The summed E-state index contributed by atoms with van der Waals surface area (Å²) in [6.45, 7) is 0.222. The quantitative estimate of drug-likeness (QED) is 0.137. The molecule has 1 saturated heterocycles. The second-order valence-electron chi connectivity index (χ2n) is 6.40. The predicted molar refractivity (Wildman–Crippen MR) is 95.5 cm³/mol. The van der Waals surface area contributed by atoms with Gasteiger partial charge in [0.1, 0.15) is 11.8 Å². The number of amides is 2. The molecule has 2 rings (SSSR count). The highest BCUT2D eigenvalue weighted by molar-refractivity contribution is 6.04. The van der Waals surface area contributed by atoms with Crippen LogP contribution in [0.25, 0.3) is 10.4 Å². The van der Waals surface area contributed by atoms with Crippen molar-refractivity contribution in [3.63, 3.8) is 0 Å². The van der Waals surface area contributed by atoms with Crippen molar-refractivity contribution in [1.82, 2.24) is 9.96 Å². The number of hydrogen-bond acceptors (Lipinski definition) is 7. The van der Waals surface area contributed by atoms with Gasteiger partial charge in [-0.15, -0.1) is 0 Å². The third-order valence-electron chi connectivity index (χ3n) is 4.41. The first-order chi connectivity index (χ1) is 13.3. The first kappa shape index (κ1) is 21.2. The molecular weight excluding hydrogens is 370 g/mol. The number of rotatable bonds is 10. The van der Waals surface area contributed by atoms with E-state index in [9.17, 15) is 29.8 Å². The number of carbonyl (C=O) groups is 3. The topological polar surface area (TPSA) is 167 Å². The van der Waals surface area contributed by atoms with Gasteiger partial charge in [0.15, 0.2) is 0 Å². The number of aromatic hydroxyl groups is 1. The van der Waals surface area contributed by atoms with E-state index >= 15 is 0 Å². The van der Waals surface area contributed by atoms with E-state index in [2.05, 4.69) is 10.0 Å². The van der Waals surface area contributed by atoms with Gasteiger partial charge in [-0.3, -0.25) is 14.5 Å². The van der Waals surface area contributed by atoms with Gasteiger partial charge in [-0.2, -0.15) is 5.06 Å². The van der Waals surface area contributed by atoms with Crippen LogP contribution < -0.4 is 0 Å². The van der Waals surface area contributed by atoms with Gasteiger partial charge >= 0.3 is 5.97 Å². The molecule has 0 saturated carbocycles. The molecule has 28 heavy (non-hydrogen) atoms. The molecule has 1 aliphatic heterocycles. The summed E-state index contributed by atoms with van der Waals surface area (Å²) in [5.74, 6) is -2.29. The maximum Gasteiger partial charge on any atom is 0.326 e. The van der Waals surface area contributed by atoms with Gasteiger partial charge in [-0.25, -0.2) is 4.79 Å². The van der Waals surface area contributed by atoms with Crippen molar-refractivity contribution < 1.29 is 29.8 Å². The Balaban J connectivity index is 1.82. The normalized spacial score (nSPS) is 15.0. The molecule has 1 aliphatic rings. The van der Waals surface area contributed by atoms with Gasteiger partial charge in [0, 0.05) is 35.5 Å². The van der Waals surface area contributed by atoms with Crippen molar-refractivity contribution in [2.24, 2.45) is 5.11 Å². The molecular formula is C17H21N5O6. The number of unbranched alkanes of at least 4 members (excludes halogenated alkanes) is 1. The molecule has 1 aromatic carbocycles. The highest BCUT2D eigenvalue weighted by Crippen LogP contribution is 2.25. The summed E-state index contributed by atoms with van der Waals surface area (Å²) in [6.07, 6.45) is 0.984. The summed E-state index contributed by atoms with van der Waals surface area (Å²) in [5, 5.41) is 33.5. The molecule has 0 aliphatic carbocycles. The Labute approximate surface area is 160 Å². The predicted octanol–water partition coefficient (Wildman–Crippen LogP) is 2.30. The number of benzene rings is 1. The second-order valence-corrected chi connectivity index (χ2v) is 6.40. The molecule has 0 spiro atoms. The van der Waals surface area contributed by atoms with Gasteiger partial charge in [0.25, 0.3) is 0 Å². The first-order valence-electron chi connectivity index (χ1n) is 8.72. The number of azide groups is 1. The smallest absolute Gasteiger partial charge is 0.326 e. The molecule has 2 amide bonds. The van der Waals surface area contributed by atoms with E-state index in [1.165, 1.54) is 18.2 Å². The Morgan fingerprint density at radius 1 is 1.29 bits per heavy atom. The van der Waals surface area contributed by atoms with Crippen LogP contribution in [0.15, 0.2) is 23.3 Å². The molecule has 150 valence electrons. The Hall–Kier alpha value is -3.14. The molecule has 1 fully saturated rings. The molecule has 1 atom stereocenters. The number of carboxylic acid groups (broad SMARTS) is 1. The average Bonchev–Trinajstić information content (AvgIpc) is 2.96. The zero-order valence-corrected chi connectivity index (χ0v) is 15.1. The lowest BCUT2D eigenvalue weighted by atomic mass is 10.1. The number of phenolic OH excluding ortho intramolecular Hbond substituents is 1. The number of hydroxylamine groups is 2. The summed E-state index contributed by atoms with van der Waals surface area (Å²) >= 11 is 0. The molecule has 0 bridgehead atoms. The zero-order chi connectivity index (χ0) is 20.7. The van der Waals surface area contributed by atoms with Crippen LogP contribution in [0.5, 0.6) is 5.75 Å². The number of hydrogen-bond donors (Lipinski definition) is 3. The number of phenols is 1. The highest BCUT2D eigenvalue weighted by Gasteiger charge is 2.38. The van der Waals surface area contributed by atoms with E-state index in [0.717, 1.165) is 9.96 Å². The van der Waals surface area contributed by atoms with E-state index in [0.29, 0.717) is 18.4 Å². The number of carbonyl (C=O) groups excluding carboxylic acids is 2. The second kappa shape index (κ2) is 9.70. The molecule has 0 aromatic heterocycles. The maximum absolute atomic E-state index is 11.7. The lowest BCUT2D eigenvalue weighted by Crippen LogP contribution is -2.44. The van der Waals surface area contributed by atoms with Crippen molar-refractivity contribution in [3.05, 3.63) is 34.2 Å². The van der Waals surface area contributed by atoms with Crippen molar-refractivity contribution in [2.75, 3.05) is 6.54 Å². The minimum atomic E-state index is -1.23. The molecule has 11 heteroatoms. The fourth-order valence-corrected chi connectivity index (χ4v) is 3.01. The van der Waals surface area contributed by atoms with Crippen molar-refractivity contribution in [1.29, 1.82) is 0 Å². The number of likely N-dealkylation sites (tertiary alicyclic amines) is 1. The van der Waals surface area contributed by atoms with Gasteiger partial charge < -0.3 is 15.4 Å². The average molecular weight is 391 g/mol. The number of nitrogens with zero attached hydrogens (tertiary/aromatic N) is 5. The first-order valence-corrected chi connectivity index (χ1v) is 8.72. The maximum atomic E-state index is 11.7.